The van der Waals surface area contributed by atoms with E-state index in [0.717, 1.165) is 10.7 Å². The molecular weight excluding hydrogens is 264 g/mol. The van der Waals surface area contributed by atoms with Crippen LogP contribution in [0.3, 0.4) is 0 Å². The Morgan fingerprint density at radius 1 is 1.05 bits per heavy atom. The van der Waals surface area contributed by atoms with Crippen LogP contribution in [0.4, 0.5) is 0 Å². The average Bonchev–Trinajstić information content (AvgIpc) is 2.75. The Bertz CT molecular complexity index is 545. The van der Waals surface area contributed by atoms with E-state index in [1.165, 1.54) is 10.4 Å². The molecular formula is C17H24N2S. The van der Waals surface area contributed by atoms with Gasteiger partial charge in [0.25, 0.3) is 0 Å². The molecule has 0 radical (unpaired) electrons. The molecule has 0 aliphatic carbocycles. The molecule has 2 unspecified atom stereocenters. The van der Waals surface area contributed by atoms with Gasteiger partial charge in [0.05, 0.1) is 10.7 Å². The van der Waals surface area contributed by atoms with Crippen molar-refractivity contribution in [1.82, 2.24) is 10.3 Å². The minimum atomic E-state index is 0.328. The lowest BCUT2D eigenvalue weighted by Crippen LogP contribution is -2.28. The third-order valence-corrected chi connectivity index (χ3v) is 4.84. The number of aromatic nitrogens is 1. The summed E-state index contributed by atoms with van der Waals surface area (Å²) in [7, 11) is 0. The van der Waals surface area contributed by atoms with Gasteiger partial charge in [-0.05, 0) is 32.3 Å². The summed E-state index contributed by atoms with van der Waals surface area (Å²) in [4.78, 5) is 5.89. The molecule has 0 saturated carbocycles. The van der Waals surface area contributed by atoms with Crippen LogP contribution in [0.15, 0.2) is 30.3 Å². The number of benzene rings is 1. The van der Waals surface area contributed by atoms with Gasteiger partial charge in [0, 0.05) is 17.0 Å². The molecule has 0 saturated heterocycles. The molecule has 0 bridgehead atoms. The minimum absolute atomic E-state index is 0.328. The van der Waals surface area contributed by atoms with E-state index in [-0.39, 0.29) is 0 Å². The quantitative estimate of drug-likeness (QED) is 0.854. The van der Waals surface area contributed by atoms with Gasteiger partial charge < -0.3 is 5.32 Å². The summed E-state index contributed by atoms with van der Waals surface area (Å²) < 4.78 is 0. The summed E-state index contributed by atoms with van der Waals surface area (Å²) in [6.45, 7) is 10.9. The Morgan fingerprint density at radius 3 is 2.20 bits per heavy atom. The summed E-state index contributed by atoms with van der Waals surface area (Å²) in [6, 6.07) is 11.4. The summed E-state index contributed by atoms with van der Waals surface area (Å²) in [5.41, 5.74) is 2.51. The molecule has 20 heavy (non-hydrogen) atoms. The highest BCUT2D eigenvalue weighted by Gasteiger charge is 2.20. The SMILES string of the molecule is Cc1nc(C)c(C(C)NC(c2ccccc2)C(C)C)s1. The van der Waals surface area contributed by atoms with Gasteiger partial charge in [0.2, 0.25) is 0 Å². The first-order valence-corrected chi connectivity index (χ1v) is 8.05. The van der Waals surface area contributed by atoms with Crippen molar-refractivity contribution in [3.63, 3.8) is 0 Å². The molecule has 1 aromatic carbocycles. The number of hydrogen-bond donors (Lipinski definition) is 1. The molecule has 0 aliphatic rings. The van der Waals surface area contributed by atoms with Crippen LogP contribution in [0.5, 0.6) is 0 Å². The Hall–Kier alpha value is -1.19. The number of nitrogens with zero attached hydrogens (tertiary/aromatic N) is 1. The lowest BCUT2D eigenvalue weighted by molar-refractivity contribution is 0.376. The maximum Gasteiger partial charge on any atom is 0.0900 e. The maximum atomic E-state index is 4.54. The molecule has 1 N–H and O–H groups in total. The molecule has 0 fully saturated rings. The maximum absolute atomic E-state index is 4.54. The summed E-state index contributed by atoms with van der Waals surface area (Å²) in [5, 5.41) is 4.92. The smallest absolute Gasteiger partial charge is 0.0900 e. The first kappa shape index (κ1) is 15.2. The zero-order valence-corrected chi connectivity index (χ0v) is 13.8. The van der Waals surface area contributed by atoms with E-state index < -0.39 is 0 Å². The highest BCUT2D eigenvalue weighted by atomic mass is 32.1. The van der Waals surface area contributed by atoms with Crippen molar-refractivity contribution < 1.29 is 0 Å². The first-order chi connectivity index (χ1) is 9.49. The second-order valence-electron chi connectivity index (χ2n) is 5.70. The first-order valence-electron chi connectivity index (χ1n) is 7.24. The Labute approximate surface area is 126 Å². The van der Waals surface area contributed by atoms with E-state index in [1.807, 2.05) is 0 Å². The average molecular weight is 288 g/mol. The molecule has 2 nitrogen and oxygen atoms in total. The van der Waals surface area contributed by atoms with Crippen LogP contribution in [0.25, 0.3) is 0 Å². The van der Waals surface area contributed by atoms with Gasteiger partial charge >= 0.3 is 0 Å². The predicted molar refractivity (Wildman–Crippen MR) is 87.2 cm³/mol. The van der Waals surface area contributed by atoms with E-state index in [4.69, 9.17) is 0 Å². The normalized spacial score (nSPS) is 14.5. The lowest BCUT2D eigenvalue weighted by Gasteiger charge is -2.26. The molecule has 0 amide bonds. The molecule has 0 aliphatic heterocycles. The van der Waals surface area contributed by atoms with E-state index in [0.29, 0.717) is 18.0 Å². The van der Waals surface area contributed by atoms with Crippen molar-refractivity contribution in [2.75, 3.05) is 0 Å². The third kappa shape index (κ3) is 3.47. The number of nitrogens with one attached hydrogen (secondary N) is 1. The van der Waals surface area contributed by atoms with Crippen LogP contribution in [0.2, 0.25) is 0 Å². The van der Waals surface area contributed by atoms with Gasteiger partial charge in [-0.3, -0.25) is 0 Å². The highest BCUT2D eigenvalue weighted by Crippen LogP contribution is 2.29. The molecule has 1 heterocycles. The second-order valence-corrected chi connectivity index (χ2v) is 6.94. The molecule has 108 valence electrons. The fraction of sp³-hybridized carbons (Fsp3) is 0.471. The van der Waals surface area contributed by atoms with Crippen LogP contribution >= 0.6 is 11.3 Å². The number of aryl methyl sites for hydroxylation is 2. The highest BCUT2D eigenvalue weighted by molar-refractivity contribution is 7.11. The zero-order chi connectivity index (χ0) is 14.7. The van der Waals surface area contributed by atoms with Gasteiger partial charge in [0.1, 0.15) is 0 Å². The predicted octanol–water partition coefficient (Wildman–Crippen LogP) is 4.81. The van der Waals surface area contributed by atoms with Crippen LogP contribution in [-0.2, 0) is 0 Å². The van der Waals surface area contributed by atoms with E-state index >= 15 is 0 Å². The molecule has 3 heteroatoms. The van der Waals surface area contributed by atoms with Gasteiger partial charge in [0.15, 0.2) is 0 Å². The van der Waals surface area contributed by atoms with Crippen molar-refractivity contribution >= 4 is 11.3 Å². The molecule has 2 atom stereocenters. The Morgan fingerprint density at radius 2 is 1.70 bits per heavy atom. The minimum Gasteiger partial charge on any atom is -0.302 e. The van der Waals surface area contributed by atoms with Gasteiger partial charge in [-0.1, -0.05) is 44.2 Å². The fourth-order valence-corrected chi connectivity index (χ4v) is 3.57. The fourth-order valence-electron chi connectivity index (χ4n) is 2.63. The summed E-state index contributed by atoms with van der Waals surface area (Å²) in [6.07, 6.45) is 0. The topological polar surface area (TPSA) is 24.9 Å². The summed E-state index contributed by atoms with van der Waals surface area (Å²) in [5.74, 6) is 0.550. The number of rotatable bonds is 5. The van der Waals surface area contributed by atoms with Crippen molar-refractivity contribution in [1.29, 1.82) is 0 Å². The summed E-state index contributed by atoms with van der Waals surface area (Å²) >= 11 is 1.80. The Kier molecular flexibility index (Phi) is 4.95. The van der Waals surface area contributed by atoms with Crippen molar-refractivity contribution in [2.45, 2.75) is 46.7 Å². The van der Waals surface area contributed by atoms with Crippen LogP contribution in [0.1, 0.15) is 54.0 Å². The Balaban J connectivity index is 2.19. The van der Waals surface area contributed by atoms with Gasteiger partial charge in [-0.2, -0.15) is 0 Å². The molecule has 2 rings (SSSR count). The molecule has 1 aromatic heterocycles. The van der Waals surface area contributed by atoms with E-state index in [1.54, 1.807) is 11.3 Å². The van der Waals surface area contributed by atoms with Crippen LogP contribution in [-0.4, -0.2) is 4.98 Å². The second kappa shape index (κ2) is 6.51. The van der Waals surface area contributed by atoms with Gasteiger partial charge in [-0.15, -0.1) is 11.3 Å². The van der Waals surface area contributed by atoms with Crippen LogP contribution in [0, 0.1) is 19.8 Å². The third-order valence-electron chi connectivity index (χ3n) is 3.59. The van der Waals surface area contributed by atoms with Crippen LogP contribution < -0.4 is 5.32 Å². The van der Waals surface area contributed by atoms with E-state index in [9.17, 15) is 0 Å². The van der Waals surface area contributed by atoms with Crippen molar-refractivity contribution in [3.05, 3.63) is 51.5 Å². The van der Waals surface area contributed by atoms with Gasteiger partial charge in [-0.25, -0.2) is 4.98 Å². The largest absolute Gasteiger partial charge is 0.302 e. The standard InChI is InChI=1S/C17H24N2S/c1-11(2)16(15-9-7-6-8-10-15)19-13(4)17-12(3)18-14(5)20-17/h6-11,13,16,19H,1-5H3. The zero-order valence-electron chi connectivity index (χ0n) is 13.0. The number of hydrogen-bond acceptors (Lipinski definition) is 3. The lowest BCUT2D eigenvalue weighted by atomic mass is 9.95. The molecule has 0 spiro atoms. The van der Waals surface area contributed by atoms with Crippen molar-refractivity contribution in [2.24, 2.45) is 5.92 Å². The monoisotopic (exact) mass is 288 g/mol. The van der Waals surface area contributed by atoms with Crippen molar-refractivity contribution in [3.8, 4) is 0 Å². The van der Waals surface area contributed by atoms with E-state index in [2.05, 4.69) is 75.3 Å². The number of thiazole rings is 1. The molecule has 2 aromatic rings.